The molecule has 2 aliphatic rings. The molecule has 1 aliphatic carbocycles. The summed E-state index contributed by atoms with van der Waals surface area (Å²) in [6.45, 7) is 9.60. The Balaban J connectivity index is 1.94. The molecule has 0 spiro atoms. The number of hydrogen-bond acceptors (Lipinski definition) is 2. The molecule has 0 aromatic rings. The molecule has 17 heavy (non-hydrogen) atoms. The summed E-state index contributed by atoms with van der Waals surface area (Å²) >= 11 is 0. The predicted octanol–water partition coefficient (Wildman–Crippen LogP) is 3.01. The zero-order valence-corrected chi connectivity index (χ0v) is 11.9. The van der Waals surface area contributed by atoms with E-state index in [1.165, 1.54) is 51.6 Å². The van der Waals surface area contributed by atoms with Crippen LogP contribution < -0.4 is 5.73 Å². The lowest BCUT2D eigenvalue weighted by Crippen LogP contribution is -2.56. The fraction of sp³-hybridized carbons (Fsp3) is 1.00. The molecule has 1 aliphatic heterocycles. The molecule has 0 aromatic carbocycles. The van der Waals surface area contributed by atoms with Gasteiger partial charge in [0.05, 0.1) is 0 Å². The van der Waals surface area contributed by atoms with Crippen molar-refractivity contribution >= 4 is 0 Å². The minimum Gasteiger partial charge on any atom is -0.326 e. The van der Waals surface area contributed by atoms with E-state index in [0.717, 1.165) is 5.92 Å². The Morgan fingerprint density at radius 2 is 2.06 bits per heavy atom. The molecule has 2 rings (SSSR count). The summed E-state index contributed by atoms with van der Waals surface area (Å²) in [5, 5.41) is 0. The molecule has 1 saturated heterocycles. The van der Waals surface area contributed by atoms with E-state index in [-0.39, 0.29) is 0 Å². The molecule has 3 unspecified atom stereocenters. The maximum absolute atomic E-state index is 6.51. The van der Waals surface area contributed by atoms with Gasteiger partial charge in [-0.15, -0.1) is 0 Å². The predicted molar refractivity (Wildman–Crippen MR) is 74.0 cm³/mol. The monoisotopic (exact) mass is 238 g/mol. The van der Waals surface area contributed by atoms with Crippen LogP contribution in [0.5, 0.6) is 0 Å². The molecule has 2 heteroatoms. The van der Waals surface area contributed by atoms with E-state index < -0.39 is 0 Å². The van der Waals surface area contributed by atoms with Crippen LogP contribution in [0.2, 0.25) is 0 Å². The molecule has 3 atom stereocenters. The fourth-order valence-electron chi connectivity index (χ4n) is 3.85. The highest BCUT2D eigenvalue weighted by atomic mass is 15.2. The largest absolute Gasteiger partial charge is 0.326 e. The molecule has 0 radical (unpaired) electrons. The summed E-state index contributed by atoms with van der Waals surface area (Å²) in [5.41, 5.74) is 6.85. The second-order valence-corrected chi connectivity index (χ2v) is 6.91. The molecule has 2 N–H and O–H groups in total. The summed E-state index contributed by atoms with van der Waals surface area (Å²) in [6.07, 6.45) is 8.13. The fourth-order valence-corrected chi connectivity index (χ4v) is 3.85. The van der Waals surface area contributed by atoms with E-state index in [1.54, 1.807) is 0 Å². The molecule has 0 bridgehead atoms. The Labute approximate surface area is 107 Å². The first kappa shape index (κ1) is 13.4. The molecule has 0 amide bonds. The van der Waals surface area contributed by atoms with Gasteiger partial charge in [0.15, 0.2) is 0 Å². The normalized spacial score (nSPS) is 38.5. The third-order valence-electron chi connectivity index (χ3n) is 5.12. The molecular weight excluding hydrogens is 208 g/mol. The van der Waals surface area contributed by atoms with Crippen molar-refractivity contribution < 1.29 is 0 Å². The third-order valence-corrected chi connectivity index (χ3v) is 5.12. The van der Waals surface area contributed by atoms with Crippen molar-refractivity contribution in [2.24, 2.45) is 17.1 Å². The van der Waals surface area contributed by atoms with Crippen molar-refractivity contribution in [2.45, 2.75) is 71.4 Å². The standard InChI is InChI=1S/C15H30N2/c1-4-6-12-8-10-17(11-12)13-7-5-9-15(2,3)14(13)16/h12-14H,4-11,16H2,1-3H3. The Kier molecular flexibility index (Phi) is 4.14. The maximum Gasteiger partial charge on any atom is 0.0252 e. The molecule has 2 nitrogen and oxygen atoms in total. The summed E-state index contributed by atoms with van der Waals surface area (Å²) in [5.74, 6) is 0.942. The zero-order valence-electron chi connectivity index (χ0n) is 11.9. The van der Waals surface area contributed by atoms with Crippen molar-refractivity contribution in [3.8, 4) is 0 Å². The van der Waals surface area contributed by atoms with Crippen molar-refractivity contribution in [2.75, 3.05) is 13.1 Å². The van der Waals surface area contributed by atoms with Gasteiger partial charge in [-0.3, -0.25) is 4.90 Å². The van der Waals surface area contributed by atoms with Gasteiger partial charge in [0.2, 0.25) is 0 Å². The van der Waals surface area contributed by atoms with Gasteiger partial charge in [-0.25, -0.2) is 0 Å². The minimum atomic E-state index is 0.339. The third kappa shape index (κ3) is 2.85. The lowest BCUT2D eigenvalue weighted by molar-refractivity contribution is 0.0809. The van der Waals surface area contributed by atoms with E-state index in [4.69, 9.17) is 5.73 Å². The molecule has 1 heterocycles. The topological polar surface area (TPSA) is 29.3 Å². The molecule has 100 valence electrons. The Hall–Kier alpha value is -0.0800. The highest BCUT2D eigenvalue weighted by Gasteiger charge is 2.40. The molecular formula is C15H30N2. The van der Waals surface area contributed by atoms with E-state index in [9.17, 15) is 0 Å². The van der Waals surface area contributed by atoms with Crippen LogP contribution in [-0.4, -0.2) is 30.1 Å². The Morgan fingerprint density at radius 1 is 1.29 bits per heavy atom. The van der Waals surface area contributed by atoms with Crippen LogP contribution in [-0.2, 0) is 0 Å². The highest BCUT2D eigenvalue weighted by Crippen LogP contribution is 2.38. The average Bonchev–Trinajstić information content (AvgIpc) is 2.71. The average molecular weight is 238 g/mol. The second kappa shape index (κ2) is 5.27. The first-order valence-electron chi connectivity index (χ1n) is 7.54. The van der Waals surface area contributed by atoms with Crippen LogP contribution >= 0.6 is 0 Å². The number of nitrogens with two attached hydrogens (primary N) is 1. The van der Waals surface area contributed by atoms with E-state index in [0.29, 0.717) is 17.5 Å². The molecule has 2 fully saturated rings. The first-order valence-corrected chi connectivity index (χ1v) is 7.54. The van der Waals surface area contributed by atoms with Gasteiger partial charge < -0.3 is 5.73 Å². The highest BCUT2D eigenvalue weighted by molar-refractivity contribution is 4.97. The van der Waals surface area contributed by atoms with Gasteiger partial charge in [0.25, 0.3) is 0 Å². The first-order chi connectivity index (χ1) is 8.04. The quantitative estimate of drug-likeness (QED) is 0.819. The van der Waals surface area contributed by atoms with E-state index >= 15 is 0 Å². The van der Waals surface area contributed by atoms with Crippen LogP contribution in [0.3, 0.4) is 0 Å². The zero-order chi connectivity index (χ0) is 12.5. The van der Waals surface area contributed by atoms with E-state index in [1.807, 2.05) is 0 Å². The smallest absolute Gasteiger partial charge is 0.0252 e. The van der Waals surface area contributed by atoms with Crippen LogP contribution in [0.4, 0.5) is 0 Å². The lowest BCUT2D eigenvalue weighted by atomic mass is 9.71. The SMILES string of the molecule is CCCC1CCN(C2CCCC(C)(C)C2N)C1. The van der Waals surface area contributed by atoms with Gasteiger partial charge in [0, 0.05) is 18.6 Å². The number of rotatable bonds is 3. The summed E-state index contributed by atoms with van der Waals surface area (Å²) in [7, 11) is 0. The number of hydrogen-bond donors (Lipinski definition) is 1. The van der Waals surface area contributed by atoms with Crippen molar-refractivity contribution in [1.82, 2.24) is 4.90 Å². The Morgan fingerprint density at radius 3 is 2.76 bits per heavy atom. The van der Waals surface area contributed by atoms with Crippen molar-refractivity contribution in [3.63, 3.8) is 0 Å². The summed E-state index contributed by atoms with van der Waals surface area (Å²) in [4.78, 5) is 2.70. The van der Waals surface area contributed by atoms with Crippen LogP contribution in [0.25, 0.3) is 0 Å². The molecule has 1 saturated carbocycles. The minimum absolute atomic E-state index is 0.339. The van der Waals surface area contributed by atoms with Crippen molar-refractivity contribution in [3.05, 3.63) is 0 Å². The number of likely N-dealkylation sites (tertiary alicyclic amines) is 1. The van der Waals surface area contributed by atoms with Gasteiger partial charge in [-0.05, 0) is 43.6 Å². The van der Waals surface area contributed by atoms with Crippen LogP contribution in [0.15, 0.2) is 0 Å². The second-order valence-electron chi connectivity index (χ2n) is 6.91. The molecule has 0 aromatic heterocycles. The lowest BCUT2D eigenvalue weighted by Gasteiger charge is -2.45. The van der Waals surface area contributed by atoms with Gasteiger partial charge in [-0.1, -0.05) is 33.6 Å². The van der Waals surface area contributed by atoms with E-state index in [2.05, 4.69) is 25.7 Å². The Bertz CT molecular complexity index is 249. The van der Waals surface area contributed by atoms with Crippen molar-refractivity contribution in [1.29, 1.82) is 0 Å². The number of nitrogens with zero attached hydrogens (tertiary/aromatic N) is 1. The van der Waals surface area contributed by atoms with Gasteiger partial charge in [-0.2, -0.15) is 0 Å². The maximum atomic E-state index is 6.51. The summed E-state index contributed by atoms with van der Waals surface area (Å²) in [6, 6.07) is 1.03. The summed E-state index contributed by atoms with van der Waals surface area (Å²) < 4.78 is 0. The van der Waals surface area contributed by atoms with Gasteiger partial charge in [0.1, 0.15) is 0 Å². The van der Waals surface area contributed by atoms with Crippen LogP contribution in [0.1, 0.15) is 59.3 Å². The van der Waals surface area contributed by atoms with Gasteiger partial charge >= 0.3 is 0 Å². The van der Waals surface area contributed by atoms with Crippen LogP contribution in [0, 0.1) is 11.3 Å².